The van der Waals surface area contributed by atoms with Crippen LogP contribution in [0.2, 0.25) is 0 Å². The monoisotopic (exact) mass is 190 g/mol. The molecule has 0 aliphatic heterocycles. The Balaban J connectivity index is 2.58. The topological polar surface area (TPSA) is 56.7 Å². The standard InChI is InChI=1S/C10H14N4/c1-7-3-9-10(12-5-7)14(6-13-9)8(2)4-11/h3,5-6,8H,4,11H2,1-2H3. The molecule has 4 nitrogen and oxygen atoms in total. The molecule has 1 unspecified atom stereocenters. The van der Waals surface area contributed by atoms with Gasteiger partial charge in [-0.25, -0.2) is 9.97 Å². The number of aryl methyl sites for hydroxylation is 1. The van der Waals surface area contributed by atoms with Gasteiger partial charge in [-0.1, -0.05) is 0 Å². The zero-order chi connectivity index (χ0) is 10.1. The van der Waals surface area contributed by atoms with Crippen molar-refractivity contribution in [3.63, 3.8) is 0 Å². The molecule has 2 aromatic heterocycles. The van der Waals surface area contributed by atoms with E-state index in [9.17, 15) is 0 Å². The fourth-order valence-corrected chi connectivity index (χ4v) is 1.46. The first-order chi connectivity index (χ1) is 6.72. The largest absolute Gasteiger partial charge is 0.328 e. The zero-order valence-electron chi connectivity index (χ0n) is 8.44. The molecule has 0 saturated heterocycles. The summed E-state index contributed by atoms with van der Waals surface area (Å²) in [5.74, 6) is 0. The normalized spacial score (nSPS) is 13.4. The van der Waals surface area contributed by atoms with E-state index in [1.807, 2.05) is 23.8 Å². The van der Waals surface area contributed by atoms with E-state index in [-0.39, 0.29) is 6.04 Å². The summed E-state index contributed by atoms with van der Waals surface area (Å²) < 4.78 is 2.01. The van der Waals surface area contributed by atoms with Gasteiger partial charge in [-0.05, 0) is 25.5 Å². The highest BCUT2D eigenvalue weighted by Gasteiger charge is 2.08. The minimum atomic E-state index is 0.246. The van der Waals surface area contributed by atoms with Crippen molar-refractivity contribution in [2.24, 2.45) is 5.73 Å². The molecule has 2 heterocycles. The van der Waals surface area contributed by atoms with Gasteiger partial charge >= 0.3 is 0 Å². The van der Waals surface area contributed by atoms with E-state index in [1.54, 1.807) is 6.33 Å². The number of pyridine rings is 1. The average molecular weight is 190 g/mol. The lowest BCUT2D eigenvalue weighted by molar-refractivity contribution is 0.569. The van der Waals surface area contributed by atoms with Crippen molar-refractivity contribution >= 4 is 11.2 Å². The molecule has 2 N–H and O–H groups in total. The lowest BCUT2D eigenvalue weighted by Gasteiger charge is -2.10. The highest BCUT2D eigenvalue weighted by molar-refractivity contribution is 5.71. The summed E-state index contributed by atoms with van der Waals surface area (Å²) in [6, 6.07) is 2.28. The van der Waals surface area contributed by atoms with Gasteiger partial charge in [-0.3, -0.25) is 0 Å². The first kappa shape index (κ1) is 9.15. The van der Waals surface area contributed by atoms with Crippen LogP contribution in [0.3, 0.4) is 0 Å². The third-order valence-corrected chi connectivity index (χ3v) is 2.37. The second-order valence-corrected chi connectivity index (χ2v) is 3.59. The zero-order valence-corrected chi connectivity index (χ0v) is 8.44. The maximum atomic E-state index is 5.61. The Labute approximate surface area is 82.8 Å². The number of nitrogens with zero attached hydrogens (tertiary/aromatic N) is 3. The third kappa shape index (κ3) is 1.37. The highest BCUT2D eigenvalue weighted by Crippen LogP contribution is 2.15. The summed E-state index contributed by atoms with van der Waals surface area (Å²) in [4.78, 5) is 8.65. The highest BCUT2D eigenvalue weighted by atomic mass is 15.1. The summed E-state index contributed by atoms with van der Waals surface area (Å²) in [5.41, 5.74) is 8.58. The van der Waals surface area contributed by atoms with Gasteiger partial charge in [0.15, 0.2) is 5.65 Å². The van der Waals surface area contributed by atoms with E-state index in [0.29, 0.717) is 6.54 Å². The fraction of sp³-hybridized carbons (Fsp3) is 0.400. The molecule has 0 spiro atoms. The number of nitrogens with two attached hydrogens (primary N) is 1. The van der Waals surface area contributed by atoms with Crippen molar-refractivity contribution in [2.45, 2.75) is 19.9 Å². The first-order valence-electron chi connectivity index (χ1n) is 4.71. The van der Waals surface area contributed by atoms with Gasteiger partial charge in [-0.15, -0.1) is 0 Å². The van der Waals surface area contributed by atoms with Crippen molar-refractivity contribution in [3.05, 3.63) is 24.2 Å². The predicted octanol–water partition coefficient (Wildman–Crippen LogP) is 1.26. The van der Waals surface area contributed by atoms with Gasteiger partial charge in [0.25, 0.3) is 0 Å². The molecule has 0 aliphatic carbocycles. The Morgan fingerprint density at radius 3 is 3.00 bits per heavy atom. The second kappa shape index (κ2) is 3.38. The second-order valence-electron chi connectivity index (χ2n) is 3.59. The van der Waals surface area contributed by atoms with Crippen molar-refractivity contribution < 1.29 is 0 Å². The van der Waals surface area contributed by atoms with Crippen LogP contribution in [-0.2, 0) is 0 Å². The van der Waals surface area contributed by atoms with Crippen molar-refractivity contribution in [3.8, 4) is 0 Å². The number of rotatable bonds is 2. The molecular formula is C10H14N4. The van der Waals surface area contributed by atoms with Gasteiger partial charge in [0, 0.05) is 18.8 Å². The predicted molar refractivity (Wildman–Crippen MR) is 56.0 cm³/mol. The molecule has 0 aliphatic rings. The van der Waals surface area contributed by atoms with Crippen LogP contribution >= 0.6 is 0 Å². The smallest absolute Gasteiger partial charge is 0.160 e. The van der Waals surface area contributed by atoms with Crippen LogP contribution in [0, 0.1) is 6.92 Å². The van der Waals surface area contributed by atoms with Crippen LogP contribution in [0.25, 0.3) is 11.2 Å². The van der Waals surface area contributed by atoms with E-state index >= 15 is 0 Å². The first-order valence-corrected chi connectivity index (χ1v) is 4.71. The summed E-state index contributed by atoms with van der Waals surface area (Å²) in [6.45, 7) is 4.67. The number of hydrogen-bond donors (Lipinski definition) is 1. The Morgan fingerprint density at radius 2 is 2.29 bits per heavy atom. The van der Waals surface area contributed by atoms with Crippen molar-refractivity contribution in [2.75, 3.05) is 6.54 Å². The van der Waals surface area contributed by atoms with Crippen LogP contribution in [0.5, 0.6) is 0 Å². The van der Waals surface area contributed by atoms with Gasteiger partial charge in [0.2, 0.25) is 0 Å². The Bertz CT molecular complexity index is 446. The summed E-state index contributed by atoms with van der Waals surface area (Å²) in [7, 11) is 0. The van der Waals surface area contributed by atoms with Gasteiger partial charge in [0.1, 0.15) is 5.52 Å². The van der Waals surface area contributed by atoms with Crippen molar-refractivity contribution in [1.29, 1.82) is 0 Å². The Hall–Kier alpha value is -1.42. The maximum absolute atomic E-state index is 5.61. The van der Waals surface area contributed by atoms with E-state index in [4.69, 9.17) is 5.73 Å². The summed E-state index contributed by atoms with van der Waals surface area (Å²) >= 11 is 0. The van der Waals surface area contributed by atoms with Crippen LogP contribution in [0.4, 0.5) is 0 Å². The maximum Gasteiger partial charge on any atom is 0.160 e. The lowest BCUT2D eigenvalue weighted by atomic mass is 10.3. The van der Waals surface area contributed by atoms with Gasteiger partial charge < -0.3 is 10.3 Å². The summed E-state index contributed by atoms with van der Waals surface area (Å²) in [5, 5.41) is 0. The van der Waals surface area contributed by atoms with Gasteiger partial charge in [-0.2, -0.15) is 0 Å². The molecule has 74 valence electrons. The minimum absolute atomic E-state index is 0.246. The molecule has 2 rings (SSSR count). The number of imidazole rings is 1. The van der Waals surface area contributed by atoms with E-state index < -0.39 is 0 Å². The van der Waals surface area contributed by atoms with E-state index in [2.05, 4.69) is 16.9 Å². The van der Waals surface area contributed by atoms with E-state index in [1.165, 1.54) is 0 Å². The van der Waals surface area contributed by atoms with Crippen LogP contribution < -0.4 is 5.73 Å². The Morgan fingerprint density at radius 1 is 1.50 bits per heavy atom. The lowest BCUT2D eigenvalue weighted by Crippen LogP contribution is -2.15. The molecule has 0 saturated carbocycles. The fourth-order valence-electron chi connectivity index (χ4n) is 1.46. The molecular weight excluding hydrogens is 176 g/mol. The van der Waals surface area contributed by atoms with Crippen LogP contribution in [0.15, 0.2) is 18.6 Å². The molecule has 1 atom stereocenters. The van der Waals surface area contributed by atoms with E-state index in [0.717, 1.165) is 16.7 Å². The van der Waals surface area contributed by atoms with Crippen LogP contribution in [-0.4, -0.2) is 21.1 Å². The molecule has 4 heteroatoms. The Kier molecular flexibility index (Phi) is 2.21. The minimum Gasteiger partial charge on any atom is -0.328 e. The molecule has 0 amide bonds. The SMILES string of the molecule is Cc1cnc2c(c1)ncn2C(C)CN. The van der Waals surface area contributed by atoms with Gasteiger partial charge in [0.05, 0.1) is 6.33 Å². The summed E-state index contributed by atoms with van der Waals surface area (Å²) in [6.07, 6.45) is 3.65. The molecule has 0 bridgehead atoms. The van der Waals surface area contributed by atoms with Crippen molar-refractivity contribution in [1.82, 2.24) is 14.5 Å². The molecule has 14 heavy (non-hydrogen) atoms. The molecule has 0 aromatic carbocycles. The number of aromatic nitrogens is 3. The third-order valence-electron chi connectivity index (χ3n) is 2.37. The molecule has 2 aromatic rings. The van der Waals surface area contributed by atoms with Crippen LogP contribution in [0.1, 0.15) is 18.5 Å². The number of fused-ring (bicyclic) bond motifs is 1. The molecule has 0 fully saturated rings. The quantitative estimate of drug-likeness (QED) is 0.775. The average Bonchev–Trinajstić information content (AvgIpc) is 2.59. The number of hydrogen-bond acceptors (Lipinski definition) is 3. The molecule has 0 radical (unpaired) electrons.